The summed E-state index contributed by atoms with van der Waals surface area (Å²) in [5, 5.41) is 7.03. The Morgan fingerprint density at radius 1 is 1.33 bits per heavy atom. The lowest BCUT2D eigenvalue weighted by molar-refractivity contribution is -0.125. The van der Waals surface area contributed by atoms with Crippen molar-refractivity contribution in [1.82, 2.24) is 15.5 Å². The Morgan fingerprint density at radius 3 is 2.71 bits per heavy atom. The molecule has 2 N–H and O–H groups in total. The van der Waals surface area contributed by atoms with Crippen LogP contribution in [0.2, 0.25) is 0 Å². The molecule has 24 heavy (non-hydrogen) atoms. The Hall–Kier alpha value is -1.69. The highest BCUT2D eigenvalue weighted by Crippen LogP contribution is 2.34. The molecule has 0 radical (unpaired) electrons. The highest BCUT2D eigenvalue weighted by atomic mass is 32.1. The lowest BCUT2D eigenvalue weighted by Gasteiger charge is -2.20. The smallest absolute Gasteiger partial charge is 0.225 e. The third-order valence-corrected chi connectivity index (χ3v) is 4.93. The maximum Gasteiger partial charge on any atom is 0.225 e. The number of hydrogen-bond acceptors (Lipinski definition) is 2. The molecular weight excluding hydrogens is 325 g/mol. The summed E-state index contributed by atoms with van der Waals surface area (Å²) in [5.41, 5.74) is 0.857. The Labute approximate surface area is 147 Å². The van der Waals surface area contributed by atoms with Gasteiger partial charge in [0, 0.05) is 31.1 Å². The molecule has 1 aliphatic carbocycles. The predicted molar refractivity (Wildman–Crippen MR) is 96.2 cm³/mol. The van der Waals surface area contributed by atoms with Gasteiger partial charge in [-0.25, -0.2) is 4.39 Å². The summed E-state index contributed by atoms with van der Waals surface area (Å²) in [6.45, 7) is 5.10. The van der Waals surface area contributed by atoms with Crippen molar-refractivity contribution in [3.05, 3.63) is 35.6 Å². The van der Waals surface area contributed by atoms with Crippen molar-refractivity contribution in [3.63, 3.8) is 0 Å². The van der Waals surface area contributed by atoms with Crippen molar-refractivity contribution in [1.29, 1.82) is 0 Å². The largest absolute Gasteiger partial charge is 0.360 e. The number of halogens is 1. The van der Waals surface area contributed by atoms with Gasteiger partial charge in [-0.1, -0.05) is 12.1 Å². The molecule has 1 saturated carbocycles. The van der Waals surface area contributed by atoms with E-state index in [2.05, 4.69) is 10.6 Å². The Balaban J connectivity index is 1.78. The summed E-state index contributed by atoms with van der Waals surface area (Å²) < 4.78 is 13.6. The summed E-state index contributed by atoms with van der Waals surface area (Å²) >= 11 is 5.50. The van der Waals surface area contributed by atoms with Crippen LogP contribution in [0.1, 0.15) is 38.2 Å². The summed E-state index contributed by atoms with van der Waals surface area (Å²) in [6.07, 6.45) is 2.30. The fraction of sp³-hybridized carbons (Fsp3) is 0.556. The van der Waals surface area contributed by atoms with Crippen LogP contribution in [0.15, 0.2) is 24.3 Å². The van der Waals surface area contributed by atoms with E-state index in [4.69, 9.17) is 12.2 Å². The van der Waals surface area contributed by atoms with E-state index in [1.807, 2.05) is 24.8 Å². The van der Waals surface area contributed by atoms with Gasteiger partial charge in [0.25, 0.3) is 0 Å². The molecule has 2 aliphatic rings. The average molecular weight is 349 g/mol. The van der Waals surface area contributed by atoms with Crippen molar-refractivity contribution in [2.75, 3.05) is 13.1 Å². The van der Waals surface area contributed by atoms with Gasteiger partial charge in [-0.3, -0.25) is 4.79 Å². The number of nitrogens with one attached hydrogen (secondary N) is 2. The van der Waals surface area contributed by atoms with Crippen LogP contribution in [0.4, 0.5) is 4.39 Å². The van der Waals surface area contributed by atoms with Gasteiger partial charge < -0.3 is 15.5 Å². The van der Waals surface area contributed by atoms with Gasteiger partial charge in [-0.2, -0.15) is 0 Å². The predicted octanol–water partition coefficient (Wildman–Crippen LogP) is 2.40. The second-order valence-corrected chi connectivity index (χ2v) is 7.45. The minimum Gasteiger partial charge on any atom is -0.360 e. The quantitative estimate of drug-likeness (QED) is 0.820. The summed E-state index contributed by atoms with van der Waals surface area (Å²) in [6, 6.07) is 7.11. The molecule has 2 fully saturated rings. The highest BCUT2D eigenvalue weighted by Gasteiger charge is 2.40. The minimum absolute atomic E-state index is 0.0102. The van der Waals surface area contributed by atoms with E-state index in [9.17, 15) is 9.18 Å². The minimum atomic E-state index is -0.271. The van der Waals surface area contributed by atoms with Crippen LogP contribution in [0.5, 0.6) is 0 Å². The third-order valence-electron chi connectivity index (χ3n) is 4.56. The summed E-state index contributed by atoms with van der Waals surface area (Å²) in [4.78, 5) is 14.7. The van der Waals surface area contributed by atoms with E-state index in [1.165, 1.54) is 12.1 Å². The van der Waals surface area contributed by atoms with Crippen LogP contribution in [0, 0.1) is 11.7 Å². The number of nitrogens with zero attached hydrogens (tertiary/aromatic N) is 1. The highest BCUT2D eigenvalue weighted by molar-refractivity contribution is 7.80. The molecule has 1 aromatic rings. The third kappa shape index (κ3) is 4.04. The average Bonchev–Trinajstić information content (AvgIpc) is 3.20. The molecule has 3 rings (SSSR count). The zero-order chi connectivity index (χ0) is 17.3. The fourth-order valence-electron chi connectivity index (χ4n) is 3.20. The number of hydrogen-bond donors (Lipinski definition) is 2. The molecule has 0 spiro atoms. The topological polar surface area (TPSA) is 44.4 Å². The van der Waals surface area contributed by atoms with Gasteiger partial charge >= 0.3 is 0 Å². The Bertz CT molecular complexity index is 632. The maximum absolute atomic E-state index is 13.6. The van der Waals surface area contributed by atoms with E-state index >= 15 is 0 Å². The monoisotopic (exact) mass is 349 g/mol. The molecule has 1 aliphatic heterocycles. The molecule has 1 saturated heterocycles. The molecule has 6 heteroatoms. The van der Waals surface area contributed by atoms with Crippen LogP contribution in [0.25, 0.3) is 0 Å². The first-order valence-electron chi connectivity index (χ1n) is 8.55. The van der Waals surface area contributed by atoms with Gasteiger partial charge in [0.2, 0.25) is 5.91 Å². The number of rotatable bonds is 4. The molecule has 1 amide bonds. The fourth-order valence-corrected chi connectivity index (χ4v) is 3.51. The number of carbonyl (C=O) groups is 1. The van der Waals surface area contributed by atoms with Gasteiger partial charge in [-0.05, 0) is 56.6 Å². The van der Waals surface area contributed by atoms with Crippen LogP contribution >= 0.6 is 12.2 Å². The second-order valence-electron chi connectivity index (χ2n) is 7.06. The zero-order valence-electron chi connectivity index (χ0n) is 14.1. The molecule has 0 aromatic heterocycles. The first-order valence-corrected chi connectivity index (χ1v) is 8.96. The van der Waals surface area contributed by atoms with Gasteiger partial charge in [-0.15, -0.1) is 0 Å². The first kappa shape index (κ1) is 17.1. The molecule has 1 heterocycles. The number of likely N-dealkylation sites (tertiary alicyclic amines) is 1. The van der Waals surface area contributed by atoms with Crippen LogP contribution in [-0.4, -0.2) is 41.1 Å². The van der Waals surface area contributed by atoms with E-state index in [0.717, 1.165) is 18.4 Å². The van der Waals surface area contributed by atoms with Crippen molar-refractivity contribution >= 4 is 23.2 Å². The van der Waals surface area contributed by atoms with Crippen molar-refractivity contribution in [2.24, 2.45) is 5.92 Å². The van der Waals surface area contributed by atoms with Crippen LogP contribution in [0.3, 0.4) is 0 Å². The normalized spacial score (nSPS) is 23.4. The van der Waals surface area contributed by atoms with Gasteiger partial charge in [0.05, 0.1) is 5.92 Å². The number of thiocarbonyl (C=S) groups is 1. The summed E-state index contributed by atoms with van der Waals surface area (Å²) in [7, 11) is 0. The molecule has 0 bridgehead atoms. The molecule has 1 aromatic carbocycles. The SMILES string of the molecule is CC(C)NC(=O)C1CN(C(=S)NC2CC2)CC1c1cccc(F)c1. The number of benzene rings is 1. The zero-order valence-corrected chi connectivity index (χ0v) is 14.9. The Morgan fingerprint density at radius 2 is 2.08 bits per heavy atom. The van der Waals surface area contributed by atoms with E-state index < -0.39 is 0 Å². The number of carbonyl (C=O) groups excluding carboxylic acids is 1. The van der Waals surface area contributed by atoms with E-state index in [0.29, 0.717) is 24.2 Å². The molecular formula is C18H24FN3OS. The standard InChI is InChI=1S/C18H24FN3OS/c1-11(2)20-17(23)16-10-22(18(24)21-14-6-7-14)9-15(16)12-4-3-5-13(19)8-12/h3-5,8,11,14-16H,6-7,9-10H2,1-2H3,(H,20,23)(H,21,24). The molecule has 130 valence electrons. The van der Waals surface area contributed by atoms with Crippen molar-refractivity contribution in [2.45, 2.75) is 44.7 Å². The van der Waals surface area contributed by atoms with Gasteiger partial charge in [0.15, 0.2) is 5.11 Å². The maximum atomic E-state index is 13.6. The second kappa shape index (κ2) is 7.05. The van der Waals surface area contributed by atoms with E-state index in [-0.39, 0.29) is 29.6 Å². The van der Waals surface area contributed by atoms with Crippen molar-refractivity contribution in [3.8, 4) is 0 Å². The molecule has 2 unspecified atom stereocenters. The molecule has 2 atom stereocenters. The lowest BCUT2D eigenvalue weighted by Crippen LogP contribution is -2.41. The lowest BCUT2D eigenvalue weighted by atomic mass is 9.88. The molecule has 4 nitrogen and oxygen atoms in total. The van der Waals surface area contributed by atoms with Crippen LogP contribution in [-0.2, 0) is 4.79 Å². The first-order chi connectivity index (χ1) is 11.4. The van der Waals surface area contributed by atoms with Crippen LogP contribution < -0.4 is 10.6 Å². The Kier molecular flexibility index (Phi) is 5.04. The summed E-state index contributed by atoms with van der Waals surface area (Å²) in [5.74, 6) is -0.546. The van der Waals surface area contributed by atoms with Gasteiger partial charge in [0.1, 0.15) is 5.82 Å². The number of amides is 1. The van der Waals surface area contributed by atoms with E-state index in [1.54, 1.807) is 6.07 Å². The van der Waals surface area contributed by atoms with Crippen molar-refractivity contribution < 1.29 is 9.18 Å².